The molecule has 27 heavy (non-hydrogen) atoms. The predicted octanol–water partition coefficient (Wildman–Crippen LogP) is 4.41. The smallest absolute Gasteiger partial charge is 0.226 e. The molecule has 1 fully saturated rings. The van der Waals surface area contributed by atoms with E-state index in [9.17, 15) is 4.79 Å². The number of hydrogen-bond acceptors (Lipinski definition) is 3. The first-order valence-corrected chi connectivity index (χ1v) is 9.74. The lowest BCUT2D eigenvalue weighted by Gasteiger charge is -2.28. The Hall–Kier alpha value is -2.49. The Morgan fingerprint density at radius 1 is 1.00 bits per heavy atom. The molecule has 1 heterocycles. The second kappa shape index (κ2) is 8.94. The maximum Gasteiger partial charge on any atom is 0.226 e. The molecule has 0 aliphatic carbocycles. The fraction of sp³-hybridized carbons (Fsp3) is 0.435. The quantitative estimate of drug-likeness (QED) is 0.728. The maximum absolute atomic E-state index is 13.0. The minimum Gasteiger partial charge on any atom is -0.491 e. The molecular formula is C23H29NO3. The third-order valence-corrected chi connectivity index (χ3v) is 5.28. The number of likely N-dealkylation sites (tertiary alicyclic amines) is 1. The van der Waals surface area contributed by atoms with Crippen LogP contribution in [0.15, 0.2) is 60.7 Å². The first-order chi connectivity index (χ1) is 13.0. The molecule has 4 heteroatoms. The van der Waals surface area contributed by atoms with Gasteiger partial charge in [0.05, 0.1) is 12.6 Å². The van der Waals surface area contributed by atoms with Gasteiger partial charge in [0.25, 0.3) is 0 Å². The normalized spacial score (nSPS) is 20.5. The van der Waals surface area contributed by atoms with E-state index in [1.807, 2.05) is 72.5 Å². The summed E-state index contributed by atoms with van der Waals surface area (Å²) < 4.78 is 12.1. The molecule has 2 aromatic rings. The molecule has 1 aliphatic rings. The molecule has 1 saturated heterocycles. The van der Waals surface area contributed by atoms with Crippen LogP contribution in [0.1, 0.15) is 27.2 Å². The van der Waals surface area contributed by atoms with Crippen LogP contribution >= 0.6 is 0 Å². The summed E-state index contributed by atoms with van der Waals surface area (Å²) in [6.07, 6.45) is 0.762. The van der Waals surface area contributed by atoms with Gasteiger partial charge in [-0.3, -0.25) is 4.79 Å². The van der Waals surface area contributed by atoms with Gasteiger partial charge >= 0.3 is 0 Å². The van der Waals surface area contributed by atoms with Gasteiger partial charge in [0, 0.05) is 12.3 Å². The summed E-state index contributed by atoms with van der Waals surface area (Å²) in [5.74, 6) is 2.15. The summed E-state index contributed by atoms with van der Waals surface area (Å²) in [6, 6.07) is 19.6. The zero-order valence-electron chi connectivity index (χ0n) is 16.4. The van der Waals surface area contributed by atoms with Gasteiger partial charge in [-0.05, 0) is 30.2 Å². The SMILES string of the molecule is CC(C)[C@H](C)C(=O)N1CC(Oc2ccccc2)C[C@H]1COc1ccccc1. The lowest BCUT2D eigenvalue weighted by Crippen LogP contribution is -2.43. The third kappa shape index (κ3) is 5.03. The summed E-state index contributed by atoms with van der Waals surface area (Å²) in [7, 11) is 0. The second-order valence-corrected chi connectivity index (χ2v) is 7.59. The number of carbonyl (C=O) groups is 1. The zero-order valence-corrected chi connectivity index (χ0v) is 16.4. The number of para-hydroxylation sites is 2. The van der Waals surface area contributed by atoms with E-state index < -0.39 is 0 Å². The van der Waals surface area contributed by atoms with Crippen molar-refractivity contribution in [2.24, 2.45) is 11.8 Å². The van der Waals surface area contributed by atoms with Crippen molar-refractivity contribution in [1.29, 1.82) is 0 Å². The van der Waals surface area contributed by atoms with Crippen LogP contribution in [0.4, 0.5) is 0 Å². The highest BCUT2D eigenvalue weighted by Gasteiger charge is 2.39. The first-order valence-electron chi connectivity index (χ1n) is 9.74. The molecule has 1 amide bonds. The van der Waals surface area contributed by atoms with Crippen LogP contribution in [0.3, 0.4) is 0 Å². The summed E-state index contributed by atoms with van der Waals surface area (Å²) in [5, 5.41) is 0. The first kappa shape index (κ1) is 19.3. The van der Waals surface area contributed by atoms with Crippen molar-refractivity contribution in [1.82, 2.24) is 4.90 Å². The largest absolute Gasteiger partial charge is 0.491 e. The maximum atomic E-state index is 13.0. The Morgan fingerprint density at radius 3 is 2.19 bits per heavy atom. The summed E-state index contributed by atoms with van der Waals surface area (Å²) in [6.45, 7) is 7.27. The van der Waals surface area contributed by atoms with Crippen LogP contribution in [0.25, 0.3) is 0 Å². The van der Waals surface area contributed by atoms with Crippen molar-refractivity contribution in [2.75, 3.05) is 13.2 Å². The molecule has 0 aromatic heterocycles. The van der Waals surface area contributed by atoms with Crippen molar-refractivity contribution < 1.29 is 14.3 Å². The minimum atomic E-state index is -0.0142. The average Bonchev–Trinajstić information content (AvgIpc) is 3.09. The standard InChI is InChI=1S/C23H29NO3/c1-17(2)18(3)23(25)24-15-22(27-21-12-8-5-9-13-21)14-19(24)16-26-20-10-6-4-7-11-20/h4-13,17-19,22H,14-16H2,1-3H3/t18-,19-,22?/m0/s1. The van der Waals surface area contributed by atoms with Gasteiger partial charge in [-0.25, -0.2) is 0 Å². The fourth-order valence-corrected chi connectivity index (χ4v) is 3.33. The van der Waals surface area contributed by atoms with Crippen LogP contribution in [0.5, 0.6) is 11.5 Å². The van der Waals surface area contributed by atoms with Crippen LogP contribution in [0.2, 0.25) is 0 Å². The van der Waals surface area contributed by atoms with Gasteiger partial charge in [-0.2, -0.15) is 0 Å². The van der Waals surface area contributed by atoms with Gasteiger partial charge in [0.15, 0.2) is 0 Å². The van der Waals surface area contributed by atoms with Gasteiger partial charge in [0.2, 0.25) is 5.91 Å². The van der Waals surface area contributed by atoms with E-state index >= 15 is 0 Å². The Kier molecular flexibility index (Phi) is 6.38. The number of carbonyl (C=O) groups excluding carboxylic acids is 1. The molecule has 0 radical (unpaired) electrons. The van der Waals surface area contributed by atoms with Crippen LogP contribution < -0.4 is 9.47 Å². The van der Waals surface area contributed by atoms with Crippen molar-refractivity contribution >= 4 is 5.91 Å². The molecule has 1 unspecified atom stereocenters. The third-order valence-electron chi connectivity index (χ3n) is 5.28. The van der Waals surface area contributed by atoms with Crippen molar-refractivity contribution in [3.8, 4) is 11.5 Å². The van der Waals surface area contributed by atoms with Crippen molar-refractivity contribution in [3.63, 3.8) is 0 Å². The van der Waals surface area contributed by atoms with E-state index in [4.69, 9.17) is 9.47 Å². The van der Waals surface area contributed by atoms with Gasteiger partial charge in [-0.1, -0.05) is 57.2 Å². The summed E-state index contributed by atoms with van der Waals surface area (Å²) >= 11 is 0. The highest BCUT2D eigenvalue weighted by Crippen LogP contribution is 2.27. The number of ether oxygens (including phenoxy) is 2. The topological polar surface area (TPSA) is 38.8 Å². The monoisotopic (exact) mass is 367 g/mol. The molecule has 2 aromatic carbocycles. The second-order valence-electron chi connectivity index (χ2n) is 7.59. The Balaban J connectivity index is 1.69. The molecule has 0 bridgehead atoms. The lowest BCUT2D eigenvalue weighted by molar-refractivity contribution is -0.137. The van der Waals surface area contributed by atoms with E-state index in [0.717, 1.165) is 17.9 Å². The molecule has 0 saturated carbocycles. The average molecular weight is 367 g/mol. The van der Waals surface area contributed by atoms with Crippen LogP contribution in [0, 0.1) is 11.8 Å². The molecule has 1 aliphatic heterocycles. The van der Waals surface area contributed by atoms with E-state index in [-0.39, 0.29) is 24.0 Å². The number of nitrogens with zero attached hydrogens (tertiary/aromatic N) is 1. The van der Waals surface area contributed by atoms with E-state index in [1.54, 1.807) is 0 Å². The van der Waals surface area contributed by atoms with Crippen LogP contribution in [-0.4, -0.2) is 36.1 Å². The Labute approximate surface area is 162 Å². The fourth-order valence-electron chi connectivity index (χ4n) is 3.33. The van der Waals surface area contributed by atoms with Gasteiger partial charge < -0.3 is 14.4 Å². The van der Waals surface area contributed by atoms with E-state index in [0.29, 0.717) is 19.1 Å². The van der Waals surface area contributed by atoms with Crippen molar-refractivity contribution in [2.45, 2.75) is 39.3 Å². The highest BCUT2D eigenvalue weighted by atomic mass is 16.5. The number of amides is 1. The number of hydrogen-bond donors (Lipinski definition) is 0. The Bertz CT molecular complexity index is 717. The summed E-state index contributed by atoms with van der Waals surface area (Å²) in [4.78, 5) is 15.0. The number of rotatable bonds is 7. The number of benzene rings is 2. The Morgan fingerprint density at radius 2 is 1.59 bits per heavy atom. The molecular weight excluding hydrogens is 338 g/mol. The van der Waals surface area contributed by atoms with Gasteiger partial charge in [0.1, 0.15) is 24.2 Å². The molecule has 0 N–H and O–H groups in total. The summed E-state index contributed by atoms with van der Waals surface area (Å²) in [5.41, 5.74) is 0. The molecule has 3 rings (SSSR count). The molecule has 144 valence electrons. The molecule has 4 nitrogen and oxygen atoms in total. The highest BCUT2D eigenvalue weighted by molar-refractivity contribution is 5.79. The molecule has 3 atom stereocenters. The zero-order chi connectivity index (χ0) is 19.2. The van der Waals surface area contributed by atoms with Crippen molar-refractivity contribution in [3.05, 3.63) is 60.7 Å². The lowest BCUT2D eigenvalue weighted by atomic mass is 9.96. The van der Waals surface area contributed by atoms with Crippen LogP contribution in [-0.2, 0) is 4.79 Å². The minimum absolute atomic E-state index is 0.0138. The van der Waals surface area contributed by atoms with E-state index in [2.05, 4.69) is 13.8 Å². The van der Waals surface area contributed by atoms with Gasteiger partial charge in [-0.15, -0.1) is 0 Å². The van der Waals surface area contributed by atoms with E-state index in [1.165, 1.54) is 0 Å². The predicted molar refractivity (Wildman–Crippen MR) is 107 cm³/mol. The molecule has 0 spiro atoms.